The van der Waals surface area contributed by atoms with Crippen LogP contribution in [0.3, 0.4) is 0 Å². The predicted octanol–water partition coefficient (Wildman–Crippen LogP) is 1.45. The largest absolute Gasteiger partial charge is 0.301 e. The lowest BCUT2D eigenvalue weighted by Gasteiger charge is -2.14. The van der Waals surface area contributed by atoms with Gasteiger partial charge in [-0.15, -0.1) is 11.3 Å². The number of aliphatic imine (C=N–C) groups is 1. The van der Waals surface area contributed by atoms with Gasteiger partial charge in [-0.25, -0.2) is 4.98 Å². The highest BCUT2D eigenvalue weighted by atomic mass is 32.1. The summed E-state index contributed by atoms with van der Waals surface area (Å²) in [6, 6.07) is 0. The minimum Gasteiger partial charge on any atom is -0.301 e. The van der Waals surface area contributed by atoms with Crippen molar-refractivity contribution in [3.05, 3.63) is 16.1 Å². The van der Waals surface area contributed by atoms with Crippen LogP contribution in [0.25, 0.3) is 0 Å². The van der Waals surface area contributed by atoms with Gasteiger partial charge in [0.2, 0.25) is 5.78 Å². The number of hydrogen-bond acceptors (Lipinski definition) is 6. The quantitative estimate of drug-likeness (QED) is 0.839. The van der Waals surface area contributed by atoms with E-state index in [2.05, 4.69) is 14.9 Å². The fraction of sp³-hybridized carbons (Fsp3) is 0.538. The molecule has 19 heavy (non-hydrogen) atoms. The first-order valence-electron chi connectivity index (χ1n) is 6.53. The summed E-state index contributed by atoms with van der Waals surface area (Å²) in [6.45, 7) is 3.70. The molecule has 3 rings (SSSR count). The zero-order valence-electron chi connectivity index (χ0n) is 10.6. The summed E-state index contributed by atoms with van der Waals surface area (Å²) in [4.78, 5) is 35.1. The second kappa shape index (κ2) is 5.30. The Morgan fingerprint density at radius 3 is 2.89 bits per heavy atom. The number of thiazole rings is 1. The van der Waals surface area contributed by atoms with Gasteiger partial charge in [0, 0.05) is 6.54 Å². The van der Waals surface area contributed by atoms with Gasteiger partial charge in [-0.05, 0) is 25.9 Å². The Hall–Kier alpha value is -1.40. The first kappa shape index (κ1) is 12.6. The third-order valence-electron chi connectivity index (χ3n) is 3.54. The maximum atomic E-state index is 12.1. The van der Waals surface area contributed by atoms with Crippen molar-refractivity contribution in [2.45, 2.75) is 19.3 Å². The Labute approximate surface area is 115 Å². The molecule has 6 heteroatoms. The number of nitrogens with zero attached hydrogens (tertiary/aromatic N) is 3. The summed E-state index contributed by atoms with van der Waals surface area (Å²) in [5.41, 5.74) is 2.22. The van der Waals surface area contributed by atoms with Crippen molar-refractivity contribution < 1.29 is 9.59 Å². The van der Waals surface area contributed by atoms with E-state index in [4.69, 9.17) is 0 Å². The molecule has 1 aliphatic carbocycles. The second-order valence-corrected chi connectivity index (χ2v) is 5.69. The minimum absolute atomic E-state index is 0.0305. The third kappa shape index (κ3) is 2.50. The molecule has 2 heterocycles. The molecule has 0 unspecified atom stereocenters. The molecule has 0 aromatic carbocycles. The molecule has 1 saturated heterocycles. The lowest BCUT2D eigenvalue weighted by Crippen LogP contribution is -2.28. The van der Waals surface area contributed by atoms with Crippen molar-refractivity contribution >= 4 is 28.6 Å². The number of Topliss-reactive ketones (excluding diaryl/α,β-unsaturated/α-hetero) is 2. The van der Waals surface area contributed by atoms with Gasteiger partial charge >= 0.3 is 0 Å². The van der Waals surface area contributed by atoms with Crippen LogP contribution in [0.1, 0.15) is 39.4 Å². The number of rotatable bonds is 3. The zero-order valence-corrected chi connectivity index (χ0v) is 11.4. The highest BCUT2D eigenvalue weighted by molar-refractivity contribution is 7.12. The summed E-state index contributed by atoms with van der Waals surface area (Å²) in [7, 11) is 0. The van der Waals surface area contributed by atoms with Crippen molar-refractivity contribution in [1.29, 1.82) is 0 Å². The maximum Gasteiger partial charge on any atom is 0.227 e. The van der Waals surface area contributed by atoms with E-state index in [1.807, 2.05) is 0 Å². The van der Waals surface area contributed by atoms with E-state index in [1.165, 1.54) is 24.2 Å². The van der Waals surface area contributed by atoms with Gasteiger partial charge in [-0.1, -0.05) is 0 Å². The van der Waals surface area contributed by atoms with E-state index in [1.54, 1.807) is 5.51 Å². The number of likely N-dealkylation sites (tertiary alicyclic amines) is 1. The van der Waals surface area contributed by atoms with Crippen LogP contribution >= 0.6 is 11.3 Å². The summed E-state index contributed by atoms with van der Waals surface area (Å²) < 4.78 is 0. The first-order valence-corrected chi connectivity index (χ1v) is 7.41. The van der Waals surface area contributed by atoms with E-state index < -0.39 is 0 Å². The molecule has 0 amide bonds. The van der Waals surface area contributed by atoms with Crippen LogP contribution in [-0.2, 0) is 0 Å². The summed E-state index contributed by atoms with van der Waals surface area (Å²) >= 11 is 1.24. The molecule has 0 atom stereocenters. The molecule has 0 N–H and O–H groups in total. The van der Waals surface area contributed by atoms with Crippen LogP contribution in [0.15, 0.2) is 10.5 Å². The lowest BCUT2D eigenvalue weighted by molar-refractivity contribution is 0.0966. The van der Waals surface area contributed by atoms with E-state index in [-0.39, 0.29) is 18.0 Å². The fourth-order valence-corrected chi connectivity index (χ4v) is 3.24. The average molecular weight is 277 g/mol. The smallest absolute Gasteiger partial charge is 0.227 e. The van der Waals surface area contributed by atoms with Crippen molar-refractivity contribution in [3.8, 4) is 0 Å². The maximum absolute atomic E-state index is 12.1. The number of carbonyl (C=O) groups is 2. The van der Waals surface area contributed by atoms with Crippen molar-refractivity contribution in [2.24, 2.45) is 4.99 Å². The fourth-order valence-electron chi connectivity index (χ4n) is 2.52. The summed E-state index contributed by atoms with van der Waals surface area (Å²) in [6.07, 6.45) is 2.63. The molecule has 0 bridgehead atoms. The molecule has 0 spiro atoms. The second-order valence-electron chi connectivity index (χ2n) is 4.84. The van der Waals surface area contributed by atoms with E-state index in [9.17, 15) is 9.59 Å². The van der Waals surface area contributed by atoms with E-state index in [0.29, 0.717) is 22.8 Å². The number of fused-ring (bicyclic) bond motifs is 1. The normalized spacial score (nSPS) is 22.2. The zero-order chi connectivity index (χ0) is 13.2. The minimum atomic E-state index is -0.169. The van der Waals surface area contributed by atoms with Crippen LogP contribution in [0.2, 0.25) is 0 Å². The van der Waals surface area contributed by atoms with Crippen LogP contribution in [0.4, 0.5) is 0 Å². The summed E-state index contributed by atoms with van der Waals surface area (Å²) in [5.74, 6) is -0.200. The molecule has 2 aliphatic rings. The van der Waals surface area contributed by atoms with Crippen LogP contribution in [0.5, 0.6) is 0 Å². The Kier molecular flexibility index (Phi) is 3.52. The Morgan fingerprint density at radius 1 is 1.32 bits per heavy atom. The molecule has 1 aliphatic heterocycles. The number of aromatic nitrogens is 1. The third-order valence-corrected chi connectivity index (χ3v) is 4.41. The van der Waals surface area contributed by atoms with Gasteiger partial charge in [0.05, 0.1) is 24.2 Å². The monoisotopic (exact) mass is 277 g/mol. The number of hydrogen-bond donors (Lipinski definition) is 0. The SMILES string of the molecule is O=C1C(=NCCN2CCCC2)CC(=O)c2scnc21. The van der Waals surface area contributed by atoms with Crippen LogP contribution < -0.4 is 0 Å². The van der Waals surface area contributed by atoms with E-state index >= 15 is 0 Å². The van der Waals surface area contributed by atoms with Gasteiger partial charge in [-0.3, -0.25) is 14.6 Å². The van der Waals surface area contributed by atoms with Crippen molar-refractivity contribution in [1.82, 2.24) is 9.88 Å². The topological polar surface area (TPSA) is 62.6 Å². The summed E-state index contributed by atoms with van der Waals surface area (Å²) in [5, 5.41) is 0. The van der Waals surface area contributed by atoms with Gasteiger partial charge in [0.1, 0.15) is 10.6 Å². The highest BCUT2D eigenvalue weighted by Crippen LogP contribution is 2.22. The number of ketones is 2. The Bertz CT molecular complexity index is 544. The van der Waals surface area contributed by atoms with E-state index in [0.717, 1.165) is 19.6 Å². The van der Waals surface area contributed by atoms with Crippen LogP contribution in [-0.4, -0.2) is 53.3 Å². The molecule has 0 radical (unpaired) electrons. The lowest BCUT2D eigenvalue weighted by atomic mass is 9.98. The van der Waals surface area contributed by atoms with Crippen molar-refractivity contribution in [3.63, 3.8) is 0 Å². The molecular formula is C13H15N3O2S. The van der Waals surface area contributed by atoms with Gasteiger partial charge in [0.15, 0.2) is 5.78 Å². The van der Waals surface area contributed by atoms with Crippen LogP contribution in [0, 0.1) is 0 Å². The van der Waals surface area contributed by atoms with Gasteiger partial charge in [0.25, 0.3) is 0 Å². The number of carbonyl (C=O) groups excluding carboxylic acids is 2. The molecule has 0 saturated carbocycles. The Morgan fingerprint density at radius 2 is 2.11 bits per heavy atom. The highest BCUT2D eigenvalue weighted by Gasteiger charge is 2.31. The molecule has 100 valence electrons. The van der Waals surface area contributed by atoms with Crippen molar-refractivity contribution in [2.75, 3.05) is 26.2 Å². The molecule has 5 nitrogen and oxygen atoms in total. The standard InChI is InChI=1S/C13H15N3O2S/c17-10-7-9(12(18)11-13(10)19-8-15-11)14-3-6-16-4-1-2-5-16/h8H,1-7H2. The molecule has 1 aromatic rings. The average Bonchev–Trinajstić information content (AvgIpc) is 3.06. The first-order chi connectivity index (χ1) is 9.25. The molecule has 1 aromatic heterocycles. The van der Waals surface area contributed by atoms with Gasteiger partial charge < -0.3 is 4.90 Å². The Balaban J connectivity index is 1.68. The molecule has 1 fully saturated rings. The van der Waals surface area contributed by atoms with Gasteiger partial charge in [-0.2, -0.15) is 0 Å². The molecular weight excluding hydrogens is 262 g/mol. The predicted molar refractivity (Wildman–Crippen MR) is 73.4 cm³/mol.